The molecular formula is C35H51N3O2. The third-order valence-corrected chi connectivity index (χ3v) is 13.0. The molecule has 7 rings (SSSR count). The molecule has 11 atom stereocenters. The predicted octanol–water partition coefficient (Wildman–Crippen LogP) is 7.30. The van der Waals surface area contributed by atoms with Gasteiger partial charge in [0.05, 0.1) is 11.7 Å². The third kappa shape index (κ3) is 4.45. The Labute approximate surface area is 241 Å². The highest BCUT2D eigenvalue weighted by molar-refractivity contribution is 5.89. The van der Waals surface area contributed by atoms with Gasteiger partial charge in [0.25, 0.3) is 0 Å². The molecule has 40 heavy (non-hydrogen) atoms. The van der Waals surface area contributed by atoms with Crippen molar-refractivity contribution in [3.05, 3.63) is 41.5 Å². The van der Waals surface area contributed by atoms with E-state index < -0.39 is 0 Å². The predicted molar refractivity (Wildman–Crippen MR) is 161 cm³/mol. The zero-order valence-electron chi connectivity index (χ0n) is 25.2. The lowest BCUT2D eigenvalue weighted by Gasteiger charge is -2.54. The van der Waals surface area contributed by atoms with Gasteiger partial charge in [0.2, 0.25) is 0 Å². The van der Waals surface area contributed by atoms with Crippen molar-refractivity contribution in [3.63, 3.8) is 0 Å². The number of anilines is 1. The number of benzene rings is 1. The second-order valence-corrected chi connectivity index (χ2v) is 15.1. The van der Waals surface area contributed by atoms with Crippen LogP contribution in [0.3, 0.4) is 0 Å². The second-order valence-electron chi connectivity index (χ2n) is 15.1. The zero-order valence-corrected chi connectivity index (χ0v) is 25.2. The fourth-order valence-electron chi connectivity index (χ4n) is 10.8. The van der Waals surface area contributed by atoms with Gasteiger partial charge in [-0.25, -0.2) is 4.79 Å². The van der Waals surface area contributed by atoms with Crippen molar-refractivity contribution in [2.75, 3.05) is 11.9 Å². The maximum Gasteiger partial charge on any atom is 0.319 e. The van der Waals surface area contributed by atoms with Crippen molar-refractivity contribution in [1.82, 2.24) is 10.6 Å². The molecule has 2 aliphatic heterocycles. The lowest BCUT2D eigenvalue weighted by molar-refractivity contribution is -0.0746. The molecule has 2 heterocycles. The van der Waals surface area contributed by atoms with E-state index in [4.69, 9.17) is 4.74 Å². The summed E-state index contributed by atoms with van der Waals surface area (Å²) < 4.78 is 7.08. The molecule has 4 aliphatic carbocycles. The average Bonchev–Trinajstić information content (AvgIpc) is 3.39. The standard InChI is InChI=1S/C35H51N3O2/c1-21-16-31-32(36-20-21)23(3)35(40-31)15-13-27-28-11-10-24-17-26(38-33(39)37-25-8-6-5-7-9-25)12-14-34(24,4)30(28)18-29(27)22(2)19-35/h5-9,21,23-24,26-28,30-32,36H,10-20H2,1-4H3,(H2,37,38,39)/t21-,23+,24+,26-,27-,28-,30-,31+,32-,34-,35-/m0/s1. The summed E-state index contributed by atoms with van der Waals surface area (Å²) in [7, 11) is 0. The van der Waals surface area contributed by atoms with E-state index in [0.717, 1.165) is 49.2 Å². The number of carbonyl (C=O) groups is 1. The highest BCUT2D eigenvalue weighted by Gasteiger charge is 2.59. The largest absolute Gasteiger partial charge is 0.369 e. The first-order chi connectivity index (χ1) is 19.3. The van der Waals surface area contributed by atoms with Crippen molar-refractivity contribution >= 4 is 11.7 Å². The van der Waals surface area contributed by atoms with Gasteiger partial charge in [-0.15, -0.1) is 0 Å². The van der Waals surface area contributed by atoms with Crippen LogP contribution in [-0.2, 0) is 4.74 Å². The van der Waals surface area contributed by atoms with Gasteiger partial charge in [-0.1, -0.05) is 50.1 Å². The van der Waals surface area contributed by atoms with Crippen LogP contribution in [0.5, 0.6) is 0 Å². The zero-order chi connectivity index (χ0) is 27.6. The van der Waals surface area contributed by atoms with Crippen molar-refractivity contribution in [2.24, 2.45) is 40.9 Å². The van der Waals surface area contributed by atoms with E-state index in [1.807, 2.05) is 35.9 Å². The van der Waals surface area contributed by atoms with Crippen molar-refractivity contribution < 1.29 is 9.53 Å². The van der Waals surface area contributed by atoms with Crippen LogP contribution in [0.1, 0.15) is 91.9 Å². The third-order valence-electron chi connectivity index (χ3n) is 13.0. The van der Waals surface area contributed by atoms with Gasteiger partial charge < -0.3 is 20.7 Å². The molecule has 0 bridgehead atoms. The Morgan fingerprint density at radius 2 is 1.88 bits per heavy atom. The van der Waals surface area contributed by atoms with Crippen LogP contribution in [0.2, 0.25) is 0 Å². The van der Waals surface area contributed by atoms with Crippen LogP contribution in [0.25, 0.3) is 0 Å². The summed E-state index contributed by atoms with van der Waals surface area (Å²) in [5.41, 5.74) is 4.79. The number of para-hydroxylation sites is 1. The van der Waals surface area contributed by atoms with Gasteiger partial charge in [0, 0.05) is 23.7 Å². The molecule has 0 radical (unpaired) electrons. The van der Waals surface area contributed by atoms with Crippen molar-refractivity contribution in [1.29, 1.82) is 0 Å². The Morgan fingerprint density at radius 3 is 2.70 bits per heavy atom. The number of carbonyl (C=O) groups excluding carboxylic acids is 1. The molecule has 5 nitrogen and oxygen atoms in total. The van der Waals surface area contributed by atoms with Crippen LogP contribution in [-0.4, -0.2) is 36.4 Å². The lowest BCUT2D eigenvalue weighted by atomic mass is 9.52. The maximum absolute atomic E-state index is 12.7. The molecule has 1 aromatic rings. The first-order valence-corrected chi connectivity index (χ1v) is 16.5. The Morgan fingerprint density at radius 1 is 1.05 bits per heavy atom. The Balaban J connectivity index is 1.04. The van der Waals surface area contributed by atoms with Gasteiger partial charge in [0.1, 0.15) is 0 Å². The second kappa shape index (κ2) is 10.2. The molecule has 0 aromatic heterocycles. The highest BCUT2D eigenvalue weighted by Crippen LogP contribution is 2.65. The molecule has 218 valence electrons. The first-order valence-electron chi connectivity index (χ1n) is 16.5. The fraction of sp³-hybridized carbons (Fsp3) is 0.743. The lowest BCUT2D eigenvalue weighted by Crippen LogP contribution is -2.51. The smallest absolute Gasteiger partial charge is 0.319 e. The highest BCUT2D eigenvalue weighted by atomic mass is 16.5. The topological polar surface area (TPSA) is 62.4 Å². The summed E-state index contributed by atoms with van der Waals surface area (Å²) in [5.74, 6) is 4.43. The van der Waals surface area contributed by atoms with Gasteiger partial charge in [-0.2, -0.15) is 0 Å². The van der Waals surface area contributed by atoms with Crippen LogP contribution in [0.15, 0.2) is 41.5 Å². The molecule has 2 saturated heterocycles. The molecule has 5 heteroatoms. The van der Waals surface area contributed by atoms with Crippen LogP contribution in [0.4, 0.5) is 10.5 Å². The number of fused-ring (bicyclic) bond motifs is 6. The SMILES string of the molecule is CC1=C2C[C@H]3[C@@H](CC[C@@H]4C[C@@H](NC(=O)Nc5ccccc5)CC[C@@]43C)[C@@H]2CC[C@@]2(C1)O[C@@H]1C[C@H](C)CN[C@H]1[C@H]2C. The Kier molecular flexibility index (Phi) is 6.86. The van der Waals surface area contributed by atoms with Crippen molar-refractivity contribution in [3.8, 4) is 0 Å². The number of nitrogens with one attached hydrogen (secondary N) is 3. The number of urea groups is 1. The summed E-state index contributed by atoms with van der Waals surface area (Å²) in [4.78, 5) is 12.7. The minimum absolute atomic E-state index is 0.0362. The van der Waals surface area contributed by atoms with Crippen LogP contribution < -0.4 is 16.0 Å². The van der Waals surface area contributed by atoms with E-state index in [9.17, 15) is 4.79 Å². The van der Waals surface area contributed by atoms with E-state index in [-0.39, 0.29) is 17.7 Å². The maximum atomic E-state index is 12.7. The van der Waals surface area contributed by atoms with E-state index in [0.29, 0.717) is 35.3 Å². The van der Waals surface area contributed by atoms with Crippen molar-refractivity contribution in [2.45, 2.75) is 116 Å². The number of amides is 2. The van der Waals surface area contributed by atoms with Crippen LogP contribution >= 0.6 is 0 Å². The van der Waals surface area contributed by atoms with Gasteiger partial charge in [-0.05, 0) is 125 Å². The summed E-state index contributed by atoms with van der Waals surface area (Å²) in [6.45, 7) is 11.1. The number of ether oxygens (including phenoxy) is 1. The normalized spacial score (nSPS) is 46.1. The summed E-state index contributed by atoms with van der Waals surface area (Å²) in [6.07, 6.45) is 12.8. The minimum Gasteiger partial charge on any atom is -0.369 e. The molecule has 6 aliphatic rings. The van der Waals surface area contributed by atoms with Gasteiger partial charge in [-0.3, -0.25) is 0 Å². The molecular weight excluding hydrogens is 494 g/mol. The molecule has 3 saturated carbocycles. The minimum atomic E-state index is -0.0563. The number of rotatable bonds is 2. The monoisotopic (exact) mass is 545 g/mol. The number of hydrogen-bond donors (Lipinski definition) is 3. The average molecular weight is 546 g/mol. The first kappa shape index (κ1) is 27.0. The number of allylic oxidation sites excluding steroid dienone is 1. The Hall–Kier alpha value is -1.85. The molecule has 2 amide bonds. The van der Waals surface area contributed by atoms with E-state index in [1.165, 1.54) is 44.9 Å². The molecule has 1 aromatic carbocycles. The molecule has 0 unspecified atom stereocenters. The summed E-state index contributed by atoms with van der Waals surface area (Å²) >= 11 is 0. The number of piperidine rings is 1. The summed E-state index contributed by atoms with van der Waals surface area (Å²) in [6, 6.07) is 10.6. The molecule has 5 fully saturated rings. The van der Waals surface area contributed by atoms with E-state index in [2.05, 4.69) is 43.6 Å². The van der Waals surface area contributed by atoms with Gasteiger partial charge in [0.15, 0.2) is 0 Å². The fourth-order valence-corrected chi connectivity index (χ4v) is 10.8. The van der Waals surface area contributed by atoms with E-state index >= 15 is 0 Å². The van der Waals surface area contributed by atoms with Crippen LogP contribution in [0, 0.1) is 40.9 Å². The number of hydrogen-bond acceptors (Lipinski definition) is 3. The summed E-state index contributed by atoms with van der Waals surface area (Å²) in [5, 5.41) is 10.2. The quantitative estimate of drug-likeness (QED) is 0.342. The molecule has 3 N–H and O–H groups in total. The van der Waals surface area contributed by atoms with Gasteiger partial charge >= 0.3 is 6.03 Å². The van der Waals surface area contributed by atoms with E-state index in [1.54, 1.807) is 5.57 Å². The molecule has 1 spiro atoms. The Bertz CT molecular complexity index is 1150.